The summed E-state index contributed by atoms with van der Waals surface area (Å²) in [6, 6.07) is 25.0. The van der Waals surface area contributed by atoms with Crippen LogP contribution < -0.4 is 21.3 Å². The van der Waals surface area contributed by atoms with E-state index in [0.29, 0.717) is 49.7 Å². The van der Waals surface area contributed by atoms with Crippen molar-refractivity contribution in [2.24, 2.45) is 5.41 Å². The molecule has 76 heavy (non-hydrogen) atoms. The van der Waals surface area contributed by atoms with E-state index >= 15 is 0 Å². The molecule has 6 aromatic rings. The fourth-order valence-corrected chi connectivity index (χ4v) is 10.3. The van der Waals surface area contributed by atoms with Crippen molar-refractivity contribution >= 4 is 58.2 Å². The first-order chi connectivity index (χ1) is 36.6. The van der Waals surface area contributed by atoms with E-state index in [2.05, 4.69) is 46.1 Å². The zero-order valence-electron chi connectivity index (χ0n) is 44.1. The number of piperazine rings is 1. The second-order valence-corrected chi connectivity index (χ2v) is 21.7. The van der Waals surface area contributed by atoms with Crippen molar-refractivity contribution in [1.82, 2.24) is 45.3 Å². The average molecular weight is 1050 g/mol. The van der Waals surface area contributed by atoms with Crippen LogP contribution in [0, 0.1) is 19.3 Å². The SMILES string of the molecule is Cc1ccc(NC(=O)c2ccc(CN3CCN(C(=O)CCCCCCC(=O)N[C@H](C(=O)N4CC(O)CC4C(=O)NCc4ccc(-c5scnc5C)cc4)C(C)(C)C)CC3)cc2)cc1Nc1nccc(-c2cccnc2)n1. The van der Waals surface area contributed by atoms with Crippen LogP contribution in [-0.4, -0.2) is 120 Å². The zero-order valence-corrected chi connectivity index (χ0v) is 44.9. The number of aryl methyl sites for hydroxylation is 2. The van der Waals surface area contributed by atoms with Crippen molar-refractivity contribution in [3.63, 3.8) is 0 Å². The molecule has 2 unspecified atom stereocenters. The summed E-state index contributed by atoms with van der Waals surface area (Å²) in [5, 5.41) is 22.8. The van der Waals surface area contributed by atoms with Gasteiger partial charge in [-0.05, 0) is 96.8 Å². The number of benzene rings is 3. The van der Waals surface area contributed by atoms with Crippen LogP contribution in [0.4, 0.5) is 17.3 Å². The summed E-state index contributed by atoms with van der Waals surface area (Å²) < 4.78 is 0. The summed E-state index contributed by atoms with van der Waals surface area (Å²) in [4.78, 5) is 91.6. The number of nitrogens with zero attached hydrogens (tertiary/aromatic N) is 7. The standard InChI is InChI=1S/C58H69N11O6S/c1-38-14-23-45(31-48(38)65-57-60-26-24-47(64-57)44-11-10-25-59-34-44)63-54(73)43-21-17-41(18-22-43)35-67-27-29-68(30-28-67)51(72)13-9-7-6-8-12-50(71)66-53(58(3,4)5)56(75)69-36-46(70)32-49(69)55(74)61-33-40-15-19-42(20-16-40)52-39(2)62-37-76-52/h10-11,14-26,31,34,37,46,49,53,70H,6-9,12-13,27-30,32-33,35-36H2,1-5H3,(H,61,74)(H,63,73)(H,66,71)(H,60,64,65)/t46?,49?,53-/m1/s1. The molecule has 0 saturated carbocycles. The van der Waals surface area contributed by atoms with Crippen LogP contribution in [0.5, 0.6) is 0 Å². The van der Waals surface area contributed by atoms with Gasteiger partial charge in [-0.3, -0.25) is 33.9 Å². The van der Waals surface area contributed by atoms with Gasteiger partial charge < -0.3 is 36.2 Å². The Morgan fingerprint density at radius 1 is 0.816 bits per heavy atom. The van der Waals surface area contributed by atoms with Crippen LogP contribution in [0.3, 0.4) is 0 Å². The molecule has 0 spiro atoms. The quantitative estimate of drug-likeness (QED) is 0.0459. The molecule has 5 amide bonds. The summed E-state index contributed by atoms with van der Waals surface area (Å²) in [5.74, 6) is -0.645. The van der Waals surface area contributed by atoms with Gasteiger partial charge in [0.1, 0.15) is 12.1 Å². The van der Waals surface area contributed by atoms with Crippen molar-refractivity contribution in [1.29, 1.82) is 0 Å². The minimum atomic E-state index is -0.893. The number of anilines is 3. The van der Waals surface area contributed by atoms with Crippen molar-refractivity contribution in [3.05, 3.63) is 137 Å². The van der Waals surface area contributed by atoms with Gasteiger partial charge in [0.25, 0.3) is 5.91 Å². The van der Waals surface area contributed by atoms with E-state index in [1.165, 1.54) is 4.90 Å². The van der Waals surface area contributed by atoms with Crippen LogP contribution in [0.1, 0.15) is 98.5 Å². The number of hydrogen-bond acceptors (Lipinski definition) is 13. The van der Waals surface area contributed by atoms with Gasteiger partial charge in [-0.15, -0.1) is 11.3 Å². The first-order valence-corrected chi connectivity index (χ1v) is 27.0. The number of unbranched alkanes of at least 4 members (excludes halogenated alkanes) is 3. The van der Waals surface area contributed by atoms with E-state index < -0.39 is 29.5 Å². The Labute approximate surface area is 449 Å². The molecule has 0 radical (unpaired) electrons. The number of aliphatic hydroxyl groups is 1. The van der Waals surface area contributed by atoms with Gasteiger partial charge in [0.2, 0.25) is 29.6 Å². The number of likely N-dealkylation sites (tertiary alicyclic amines) is 1. The molecule has 0 bridgehead atoms. The highest BCUT2D eigenvalue weighted by Crippen LogP contribution is 2.30. The van der Waals surface area contributed by atoms with E-state index in [9.17, 15) is 29.1 Å². The van der Waals surface area contributed by atoms with Crippen molar-refractivity contribution in [2.45, 2.75) is 111 Å². The summed E-state index contributed by atoms with van der Waals surface area (Å²) in [6.45, 7) is 13.3. The fourth-order valence-electron chi connectivity index (χ4n) is 9.51. The minimum absolute atomic E-state index is 0.00852. The number of nitrogens with one attached hydrogen (secondary N) is 4. The molecule has 398 valence electrons. The molecule has 17 nitrogen and oxygen atoms in total. The lowest BCUT2D eigenvalue weighted by atomic mass is 9.85. The maximum Gasteiger partial charge on any atom is 0.255 e. The Hall–Kier alpha value is -7.41. The number of carbonyl (C=O) groups excluding carboxylic acids is 5. The number of hydrogen-bond donors (Lipinski definition) is 5. The number of carbonyl (C=O) groups is 5. The third-order valence-electron chi connectivity index (χ3n) is 14.0. The van der Waals surface area contributed by atoms with Gasteiger partial charge in [0.15, 0.2) is 0 Å². The predicted molar refractivity (Wildman–Crippen MR) is 295 cm³/mol. The van der Waals surface area contributed by atoms with Crippen molar-refractivity contribution < 1.29 is 29.1 Å². The first-order valence-electron chi connectivity index (χ1n) is 26.1. The second-order valence-electron chi connectivity index (χ2n) is 20.8. The topological polar surface area (TPSA) is 215 Å². The monoisotopic (exact) mass is 1050 g/mol. The summed E-state index contributed by atoms with van der Waals surface area (Å²) in [5.41, 5.74) is 9.72. The molecule has 0 aliphatic carbocycles. The molecule has 3 atom stereocenters. The average Bonchev–Trinajstić information content (AvgIpc) is 4.04. The van der Waals surface area contributed by atoms with Crippen LogP contribution in [-0.2, 0) is 32.3 Å². The Morgan fingerprint density at radius 2 is 1.55 bits per heavy atom. The van der Waals surface area contributed by atoms with Gasteiger partial charge in [-0.1, -0.05) is 76.1 Å². The smallest absolute Gasteiger partial charge is 0.255 e. The number of rotatable bonds is 20. The minimum Gasteiger partial charge on any atom is -0.391 e. The number of β-amino-alcohol motifs (C(OH)–C–C–N with tert-alkyl or cyclic N) is 1. The molecular formula is C58H69N11O6S. The summed E-state index contributed by atoms with van der Waals surface area (Å²) in [6.07, 6.45) is 8.00. The van der Waals surface area contributed by atoms with Crippen molar-refractivity contribution in [3.8, 4) is 21.7 Å². The fraction of sp³-hybridized carbons (Fsp3) is 0.397. The van der Waals surface area contributed by atoms with Crippen LogP contribution in [0.2, 0.25) is 0 Å². The zero-order chi connectivity index (χ0) is 53.8. The molecule has 2 aliphatic rings. The van der Waals surface area contributed by atoms with Crippen LogP contribution in [0.15, 0.2) is 109 Å². The molecule has 3 aromatic carbocycles. The highest BCUT2D eigenvalue weighted by atomic mass is 32.1. The first kappa shape index (κ1) is 54.8. The number of aromatic nitrogens is 4. The molecule has 2 aliphatic heterocycles. The highest BCUT2D eigenvalue weighted by molar-refractivity contribution is 7.13. The summed E-state index contributed by atoms with van der Waals surface area (Å²) in [7, 11) is 0. The maximum absolute atomic E-state index is 14.1. The maximum atomic E-state index is 14.1. The Balaban J connectivity index is 0.710. The Bertz CT molecular complexity index is 2960. The number of aliphatic hydroxyl groups excluding tert-OH is 1. The molecule has 2 fully saturated rings. The van der Waals surface area contributed by atoms with Gasteiger partial charge in [-0.2, -0.15) is 0 Å². The largest absolute Gasteiger partial charge is 0.391 e. The lowest BCUT2D eigenvalue weighted by Crippen LogP contribution is -2.57. The molecule has 18 heteroatoms. The van der Waals surface area contributed by atoms with Gasteiger partial charge in [-0.25, -0.2) is 15.0 Å². The number of thiazole rings is 1. The van der Waals surface area contributed by atoms with Gasteiger partial charge >= 0.3 is 0 Å². The van der Waals surface area contributed by atoms with Gasteiger partial charge in [0.05, 0.1) is 27.9 Å². The van der Waals surface area contributed by atoms with E-state index in [1.54, 1.807) is 29.9 Å². The molecule has 5 heterocycles. The third-order valence-corrected chi connectivity index (χ3v) is 14.9. The van der Waals surface area contributed by atoms with Crippen LogP contribution >= 0.6 is 11.3 Å². The second kappa shape index (κ2) is 25.4. The molecule has 2 saturated heterocycles. The van der Waals surface area contributed by atoms with E-state index in [4.69, 9.17) is 0 Å². The number of pyridine rings is 1. The molecule has 3 aromatic heterocycles. The van der Waals surface area contributed by atoms with E-state index in [1.807, 2.05) is 130 Å². The van der Waals surface area contributed by atoms with Crippen LogP contribution in [0.25, 0.3) is 21.7 Å². The van der Waals surface area contributed by atoms with Gasteiger partial charge in [0, 0.05) is 106 Å². The van der Waals surface area contributed by atoms with E-state index in [0.717, 1.165) is 82.1 Å². The predicted octanol–water partition coefficient (Wildman–Crippen LogP) is 8.07. The normalized spacial score (nSPS) is 16.2. The Morgan fingerprint density at radius 3 is 2.25 bits per heavy atom. The van der Waals surface area contributed by atoms with E-state index in [-0.39, 0.29) is 49.6 Å². The lowest BCUT2D eigenvalue weighted by Gasteiger charge is -2.35. The number of amides is 5. The summed E-state index contributed by atoms with van der Waals surface area (Å²) >= 11 is 1.58. The lowest BCUT2D eigenvalue weighted by molar-refractivity contribution is -0.144. The Kier molecular flexibility index (Phi) is 18.3. The highest BCUT2D eigenvalue weighted by Gasteiger charge is 2.44. The molecule has 8 rings (SSSR count). The molecule has 5 N–H and O–H groups in total. The van der Waals surface area contributed by atoms with Crippen molar-refractivity contribution in [2.75, 3.05) is 43.4 Å². The molecular weight excluding hydrogens is 979 g/mol. The third kappa shape index (κ3) is 14.7.